The van der Waals surface area contributed by atoms with E-state index in [-0.39, 0.29) is 17.3 Å². The van der Waals surface area contributed by atoms with Crippen LogP contribution >= 0.6 is 11.6 Å². The number of carbonyl (C=O) groups excluding carboxylic acids is 1. The van der Waals surface area contributed by atoms with E-state index >= 15 is 0 Å². The third kappa shape index (κ3) is 4.80. The Bertz CT molecular complexity index is 806. The van der Waals surface area contributed by atoms with E-state index in [1.807, 2.05) is 26.0 Å². The zero-order chi connectivity index (χ0) is 18.4. The third-order valence-corrected chi connectivity index (χ3v) is 6.27. The summed E-state index contributed by atoms with van der Waals surface area (Å²) in [5.41, 5.74) is 1.58. The van der Waals surface area contributed by atoms with Crippen LogP contribution in [0.1, 0.15) is 36.1 Å². The first-order valence-electron chi connectivity index (χ1n) is 7.92. The van der Waals surface area contributed by atoms with Crippen LogP contribution in [0, 0.1) is 0 Å². The molecule has 0 bridgehead atoms. The van der Waals surface area contributed by atoms with Crippen LogP contribution in [-0.2, 0) is 14.6 Å². The van der Waals surface area contributed by atoms with E-state index in [0.717, 1.165) is 5.56 Å². The molecule has 0 spiro atoms. The number of pyridine rings is 1. The van der Waals surface area contributed by atoms with E-state index in [1.54, 1.807) is 30.5 Å². The van der Waals surface area contributed by atoms with Crippen molar-refractivity contribution in [2.45, 2.75) is 29.9 Å². The highest BCUT2D eigenvalue weighted by Gasteiger charge is 2.29. The van der Waals surface area contributed by atoms with Gasteiger partial charge in [0.15, 0.2) is 9.84 Å². The fraction of sp³-hybridized carbons (Fsp3) is 0.333. The topological polar surface area (TPSA) is 76.1 Å². The maximum absolute atomic E-state index is 13.1. The highest BCUT2D eigenvalue weighted by molar-refractivity contribution is 7.91. The maximum Gasteiger partial charge on any atom is 0.234 e. The van der Waals surface area contributed by atoms with Gasteiger partial charge in [0.1, 0.15) is 11.1 Å². The van der Waals surface area contributed by atoms with E-state index in [4.69, 9.17) is 11.6 Å². The summed E-state index contributed by atoms with van der Waals surface area (Å²) >= 11 is 5.49. The fourth-order valence-corrected chi connectivity index (χ4v) is 4.17. The Hall–Kier alpha value is -1.92. The number of halogens is 1. The first-order valence-corrected chi connectivity index (χ1v) is 10.0. The summed E-state index contributed by atoms with van der Waals surface area (Å²) in [5.74, 6) is -0.321. The van der Waals surface area contributed by atoms with Gasteiger partial charge in [-0.15, -0.1) is 11.6 Å². The Balaban J connectivity index is 2.38. The van der Waals surface area contributed by atoms with Crippen molar-refractivity contribution in [3.63, 3.8) is 0 Å². The van der Waals surface area contributed by atoms with Crippen LogP contribution < -0.4 is 5.32 Å². The summed E-state index contributed by atoms with van der Waals surface area (Å²) < 4.78 is 26.2. The van der Waals surface area contributed by atoms with E-state index in [2.05, 4.69) is 10.3 Å². The lowest BCUT2D eigenvalue weighted by Gasteiger charge is -2.19. The van der Waals surface area contributed by atoms with Crippen LogP contribution in [-0.4, -0.2) is 31.7 Å². The number of hydrogen-bond donors (Lipinski definition) is 1. The van der Waals surface area contributed by atoms with Gasteiger partial charge in [-0.1, -0.05) is 32.0 Å². The van der Waals surface area contributed by atoms with Crippen molar-refractivity contribution in [1.29, 1.82) is 0 Å². The van der Waals surface area contributed by atoms with Crippen molar-refractivity contribution in [2.75, 3.05) is 12.4 Å². The fourth-order valence-electron chi connectivity index (χ4n) is 2.43. The van der Waals surface area contributed by atoms with E-state index in [9.17, 15) is 13.2 Å². The molecule has 0 aliphatic rings. The maximum atomic E-state index is 13.1. The molecule has 0 unspecified atom stereocenters. The van der Waals surface area contributed by atoms with Gasteiger partial charge >= 0.3 is 0 Å². The predicted octanol–water partition coefficient (Wildman–Crippen LogP) is 3.08. The number of amides is 1. The Labute approximate surface area is 153 Å². The molecule has 5 nitrogen and oxygen atoms in total. The molecule has 2 aromatic rings. The summed E-state index contributed by atoms with van der Waals surface area (Å²) in [4.78, 5) is 15.7. The molecule has 0 fully saturated rings. The van der Waals surface area contributed by atoms with Crippen LogP contribution in [0.4, 0.5) is 0 Å². The molecule has 1 heterocycles. The van der Waals surface area contributed by atoms with E-state index < -0.39 is 21.0 Å². The van der Waals surface area contributed by atoms with Crippen molar-refractivity contribution >= 4 is 27.3 Å². The second-order valence-electron chi connectivity index (χ2n) is 5.98. The number of hydrogen-bond acceptors (Lipinski definition) is 4. The first kappa shape index (κ1) is 19.4. The molecule has 0 radical (unpaired) electrons. The molecule has 1 atom stereocenters. The second-order valence-corrected chi connectivity index (χ2v) is 8.38. The molecule has 0 saturated heterocycles. The lowest BCUT2D eigenvalue weighted by atomic mass is 10.0. The van der Waals surface area contributed by atoms with Gasteiger partial charge in [-0.3, -0.25) is 9.78 Å². The Kier molecular flexibility index (Phi) is 6.56. The minimum absolute atomic E-state index is 0.0640. The average Bonchev–Trinajstić information content (AvgIpc) is 2.62. The zero-order valence-electron chi connectivity index (χ0n) is 14.1. The number of benzene rings is 1. The molecule has 134 valence electrons. The summed E-state index contributed by atoms with van der Waals surface area (Å²) in [5, 5.41) is 1.63. The van der Waals surface area contributed by atoms with Crippen molar-refractivity contribution in [1.82, 2.24) is 10.3 Å². The molecule has 7 heteroatoms. The molecule has 0 aliphatic heterocycles. The first-order chi connectivity index (χ1) is 11.9. The van der Waals surface area contributed by atoms with Crippen LogP contribution in [0.15, 0.2) is 53.7 Å². The van der Waals surface area contributed by atoms with Gasteiger partial charge in [-0.05, 0) is 35.2 Å². The van der Waals surface area contributed by atoms with Crippen molar-refractivity contribution in [2.24, 2.45) is 0 Å². The number of rotatable bonds is 7. The predicted molar refractivity (Wildman–Crippen MR) is 98.4 cm³/mol. The van der Waals surface area contributed by atoms with Gasteiger partial charge in [0.05, 0.1) is 4.90 Å². The van der Waals surface area contributed by atoms with Crippen molar-refractivity contribution < 1.29 is 13.2 Å². The lowest BCUT2D eigenvalue weighted by Crippen LogP contribution is -2.32. The minimum Gasteiger partial charge on any atom is -0.353 e. The second kappa shape index (κ2) is 8.45. The van der Waals surface area contributed by atoms with Crippen molar-refractivity contribution in [3.8, 4) is 0 Å². The Morgan fingerprint density at radius 3 is 2.36 bits per heavy atom. The molecular weight excluding hydrogens is 360 g/mol. The molecule has 2 rings (SSSR count). The minimum atomic E-state index is -3.70. The molecule has 1 aromatic carbocycles. The van der Waals surface area contributed by atoms with Crippen LogP contribution in [0.3, 0.4) is 0 Å². The molecule has 0 aliphatic carbocycles. The zero-order valence-corrected chi connectivity index (χ0v) is 15.7. The summed E-state index contributed by atoms with van der Waals surface area (Å²) in [6, 6.07) is 10.2. The van der Waals surface area contributed by atoms with Gasteiger partial charge in [-0.25, -0.2) is 8.42 Å². The molecule has 1 amide bonds. The molecule has 0 saturated carbocycles. The summed E-state index contributed by atoms with van der Waals surface area (Å²) in [7, 11) is -3.70. The third-order valence-electron chi connectivity index (χ3n) is 3.91. The van der Waals surface area contributed by atoms with Crippen LogP contribution in [0.25, 0.3) is 0 Å². The molecule has 1 N–H and O–H groups in total. The number of alkyl halides is 1. The number of aromatic nitrogens is 1. The van der Waals surface area contributed by atoms with Crippen LogP contribution in [0.2, 0.25) is 0 Å². The molecule has 25 heavy (non-hydrogen) atoms. The Morgan fingerprint density at radius 2 is 1.84 bits per heavy atom. The standard InChI is InChI=1S/C18H21ClN2O3S/c1-13(2)14-5-7-16(8-6-14)25(23,24)17(12-21-18(22)10-19)15-4-3-9-20-11-15/h3-9,11,13,17H,10,12H2,1-2H3,(H,21,22)/t17-/m1/s1. The largest absolute Gasteiger partial charge is 0.353 e. The molecule has 1 aromatic heterocycles. The average molecular weight is 381 g/mol. The number of carbonyl (C=O) groups is 1. The number of nitrogens with one attached hydrogen (secondary N) is 1. The summed E-state index contributed by atoms with van der Waals surface area (Å²) in [6.45, 7) is 4.03. The van der Waals surface area contributed by atoms with E-state index in [0.29, 0.717) is 11.5 Å². The number of nitrogens with zero attached hydrogens (tertiary/aromatic N) is 1. The SMILES string of the molecule is CC(C)c1ccc(S(=O)(=O)[C@H](CNC(=O)CCl)c2cccnc2)cc1. The quantitative estimate of drug-likeness (QED) is 0.749. The highest BCUT2D eigenvalue weighted by Crippen LogP contribution is 2.29. The van der Waals surface area contributed by atoms with E-state index in [1.165, 1.54) is 6.20 Å². The highest BCUT2D eigenvalue weighted by atomic mass is 35.5. The van der Waals surface area contributed by atoms with Gasteiger partial charge < -0.3 is 5.32 Å². The van der Waals surface area contributed by atoms with Crippen LogP contribution in [0.5, 0.6) is 0 Å². The van der Waals surface area contributed by atoms with Gasteiger partial charge in [0.25, 0.3) is 0 Å². The molecular formula is C18H21ClN2O3S. The van der Waals surface area contributed by atoms with Gasteiger partial charge in [0.2, 0.25) is 5.91 Å². The summed E-state index contributed by atoms with van der Waals surface area (Å²) in [6.07, 6.45) is 3.07. The monoisotopic (exact) mass is 380 g/mol. The van der Waals surface area contributed by atoms with Crippen molar-refractivity contribution in [3.05, 3.63) is 59.9 Å². The Morgan fingerprint density at radius 1 is 1.16 bits per heavy atom. The smallest absolute Gasteiger partial charge is 0.234 e. The van der Waals surface area contributed by atoms with Gasteiger partial charge in [-0.2, -0.15) is 0 Å². The normalized spacial score (nSPS) is 12.8. The lowest BCUT2D eigenvalue weighted by molar-refractivity contribution is -0.118. The number of sulfone groups is 1. The van der Waals surface area contributed by atoms with Gasteiger partial charge in [0, 0.05) is 18.9 Å².